The minimum absolute atomic E-state index is 0.212. The number of hydrogen-bond donors (Lipinski definition) is 1. The molecule has 0 aliphatic heterocycles. The largest absolute Gasteiger partial charge is 0.445 e. The van der Waals surface area contributed by atoms with Crippen LogP contribution >= 0.6 is 0 Å². The van der Waals surface area contributed by atoms with Gasteiger partial charge in [0, 0.05) is 17.1 Å². The zero-order chi connectivity index (χ0) is 21.6. The van der Waals surface area contributed by atoms with E-state index < -0.39 is 6.09 Å². The maximum Gasteiger partial charge on any atom is 0.408 e. The molecule has 1 amide bonds. The third kappa shape index (κ3) is 5.25. The van der Waals surface area contributed by atoms with Crippen LogP contribution in [0.4, 0.5) is 4.79 Å². The Morgan fingerprint density at radius 3 is 2.71 bits per heavy atom. The number of nitrogens with one attached hydrogen (secondary N) is 1. The quantitative estimate of drug-likeness (QED) is 0.440. The number of carbonyl (C=O) groups is 1. The van der Waals surface area contributed by atoms with Crippen molar-refractivity contribution in [3.63, 3.8) is 0 Å². The van der Waals surface area contributed by atoms with Crippen molar-refractivity contribution in [3.05, 3.63) is 78.7 Å². The van der Waals surface area contributed by atoms with E-state index in [1.54, 1.807) is 12.4 Å². The van der Waals surface area contributed by atoms with Gasteiger partial charge >= 0.3 is 6.09 Å². The normalized spacial score (nSPS) is 12.1. The maximum absolute atomic E-state index is 12.4. The number of benzene rings is 2. The summed E-state index contributed by atoms with van der Waals surface area (Å²) >= 11 is 0. The Balaban J connectivity index is 1.51. The lowest BCUT2D eigenvalue weighted by Crippen LogP contribution is -2.31. The Kier molecular flexibility index (Phi) is 6.21. The van der Waals surface area contributed by atoms with Crippen molar-refractivity contribution >= 4 is 17.0 Å². The molecule has 0 radical (unpaired) electrons. The molecule has 0 spiro atoms. The molecule has 4 aromatic rings. The molecule has 0 saturated carbocycles. The third-order valence-electron chi connectivity index (χ3n) is 4.84. The first-order chi connectivity index (χ1) is 15.1. The van der Waals surface area contributed by atoms with Crippen LogP contribution in [0.15, 0.2) is 71.7 Å². The van der Waals surface area contributed by atoms with Crippen LogP contribution in [0.2, 0.25) is 0 Å². The van der Waals surface area contributed by atoms with Crippen molar-refractivity contribution < 1.29 is 13.9 Å². The summed E-state index contributed by atoms with van der Waals surface area (Å²) in [5.74, 6) is 1.59. The minimum Gasteiger partial charge on any atom is -0.445 e. The van der Waals surface area contributed by atoms with E-state index >= 15 is 0 Å². The molecule has 0 fully saturated rings. The molecule has 0 saturated heterocycles. The monoisotopic (exact) mass is 416 g/mol. The summed E-state index contributed by atoms with van der Waals surface area (Å²) in [5, 5.41) is 3.81. The number of nitrogens with zero attached hydrogens (tertiary/aromatic N) is 3. The zero-order valence-electron chi connectivity index (χ0n) is 17.5. The van der Waals surface area contributed by atoms with Gasteiger partial charge in [0.2, 0.25) is 0 Å². The molecule has 0 aliphatic carbocycles. The van der Waals surface area contributed by atoms with E-state index in [9.17, 15) is 4.79 Å². The number of alkyl carbamates (subject to hydrolysis) is 1. The molecule has 1 unspecified atom stereocenters. The van der Waals surface area contributed by atoms with E-state index in [4.69, 9.17) is 14.1 Å². The molecule has 0 aliphatic rings. The molecule has 1 atom stereocenters. The Morgan fingerprint density at radius 1 is 1.13 bits per heavy atom. The number of aromatic nitrogens is 3. The Bertz CT molecular complexity index is 1140. The number of amides is 1. The van der Waals surface area contributed by atoms with Gasteiger partial charge in [-0.1, -0.05) is 44.2 Å². The molecule has 1 N–H and O–H groups in total. The predicted octanol–water partition coefficient (Wildman–Crippen LogP) is 5.30. The SMILES string of the molecule is CC(C)CC(NC(=O)OCc1ccccc1)c1ncc2cc(-c3cnco3)ccc2n1. The molecule has 2 aromatic carbocycles. The van der Waals surface area contributed by atoms with Crippen LogP contribution in [0.3, 0.4) is 0 Å². The molecule has 0 bridgehead atoms. The number of ether oxygens (including phenoxy) is 1. The van der Waals surface area contributed by atoms with E-state index in [1.165, 1.54) is 6.39 Å². The summed E-state index contributed by atoms with van der Waals surface area (Å²) < 4.78 is 10.7. The van der Waals surface area contributed by atoms with Crippen molar-refractivity contribution in [2.24, 2.45) is 5.92 Å². The van der Waals surface area contributed by atoms with Crippen LogP contribution in [0.25, 0.3) is 22.2 Å². The lowest BCUT2D eigenvalue weighted by atomic mass is 10.0. The fourth-order valence-electron chi connectivity index (χ4n) is 3.33. The molecular formula is C24H24N4O3. The molecule has 4 rings (SSSR count). The Labute approximate surface area is 180 Å². The molecule has 7 heteroatoms. The third-order valence-corrected chi connectivity index (χ3v) is 4.84. The minimum atomic E-state index is -0.487. The van der Waals surface area contributed by atoms with Gasteiger partial charge < -0.3 is 14.5 Å². The van der Waals surface area contributed by atoms with E-state index in [1.807, 2.05) is 48.5 Å². The van der Waals surface area contributed by atoms with Gasteiger partial charge in [-0.2, -0.15) is 0 Å². The van der Waals surface area contributed by atoms with Crippen LogP contribution in [0.1, 0.15) is 37.7 Å². The van der Waals surface area contributed by atoms with Crippen molar-refractivity contribution in [1.29, 1.82) is 0 Å². The Hall–Kier alpha value is -3.74. The molecule has 2 heterocycles. The van der Waals surface area contributed by atoms with Crippen LogP contribution in [-0.2, 0) is 11.3 Å². The number of oxazole rings is 1. The first kappa shape index (κ1) is 20.5. The summed E-state index contributed by atoms with van der Waals surface area (Å²) in [7, 11) is 0. The highest BCUT2D eigenvalue weighted by Crippen LogP contribution is 2.25. The second-order valence-electron chi connectivity index (χ2n) is 7.76. The summed E-state index contributed by atoms with van der Waals surface area (Å²) in [4.78, 5) is 25.6. The van der Waals surface area contributed by atoms with Gasteiger partial charge in [-0.15, -0.1) is 0 Å². The van der Waals surface area contributed by atoms with Crippen LogP contribution in [-0.4, -0.2) is 21.0 Å². The van der Waals surface area contributed by atoms with Gasteiger partial charge in [-0.05, 0) is 36.1 Å². The van der Waals surface area contributed by atoms with Gasteiger partial charge in [0.05, 0.1) is 17.8 Å². The molecule has 31 heavy (non-hydrogen) atoms. The fourth-order valence-corrected chi connectivity index (χ4v) is 3.33. The van der Waals surface area contributed by atoms with Gasteiger partial charge in [0.1, 0.15) is 6.61 Å². The van der Waals surface area contributed by atoms with Crippen LogP contribution in [0.5, 0.6) is 0 Å². The highest BCUT2D eigenvalue weighted by molar-refractivity contribution is 5.82. The van der Waals surface area contributed by atoms with Gasteiger partial charge in [0.15, 0.2) is 18.0 Å². The lowest BCUT2D eigenvalue weighted by Gasteiger charge is -2.19. The van der Waals surface area contributed by atoms with E-state index in [-0.39, 0.29) is 12.6 Å². The lowest BCUT2D eigenvalue weighted by molar-refractivity contribution is 0.133. The van der Waals surface area contributed by atoms with Gasteiger partial charge in [-0.3, -0.25) is 0 Å². The second-order valence-corrected chi connectivity index (χ2v) is 7.76. The maximum atomic E-state index is 12.4. The first-order valence-corrected chi connectivity index (χ1v) is 10.2. The highest BCUT2D eigenvalue weighted by atomic mass is 16.5. The molecule has 7 nitrogen and oxygen atoms in total. The highest BCUT2D eigenvalue weighted by Gasteiger charge is 2.20. The van der Waals surface area contributed by atoms with E-state index in [2.05, 4.69) is 29.1 Å². The topological polar surface area (TPSA) is 90.1 Å². The number of fused-ring (bicyclic) bond motifs is 1. The summed E-state index contributed by atoms with van der Waals surface area (Å²) in [6.07, 6.45) is 5.04. The smallest absolute Gasteiger partial charge is 0.408 e. The molecular weight excluding hydrogens is 392 g/mol. The average Bonchev–Trinajstić information content (AvgIpc) is 3.32. The van der Waals surface area contributed by atoms with Crippen LogP contribution < -0.4 is 5.32 Å². The molecule has 2 aromatic heterocycles. The van der Waals surface area contributed by atoms with Gasteiger partial charge in [-0.25, -0.2) is 19.7 Å². The fraction of sp³-hybridized carbons (Fsp3) is 0.250. The summed E-state index contributed by atoms with van der Waals surface area (Å²) in [5.41, 5.74) is 2.63. The van der Waals surface area contributed by atoms with E-state index in [0.29, 0.717) is 23.9 Å². The van der Waals surface area contributed by atoms with E-state index in [0.717, 1.165) is 22.0 Å². The second kappa shape index (κ2) is 9.38. The molecule has 158 valence electrons. The summed E-state index contributed by atoms with van der Waals surface area (Å²) in [6, 6.07) is 15.0. The number of rotatable bonds is 7. The van der Waals surface area contributed by atoms with Gasteiger partial charge in [0.25, 0.3) is 0 Å². The average molecular weight is 416 g/mol. The number of carbonyl (C=O) groups excluding carboxylic acids is 1. The first-order valence-electron chi connectivity index (χ1n) is 10.2. The van der Waals surface area contributed by atoms with Crippen LogP contribution in [0, 0.1) is 5.92 Å². The number of hydrogen-bond acceptors (Lipinski definition) is 6. The summed E-state index contributed by atoms with van der Waals surface area (Å²) in [6.45, 7) is 4.40. The van der Waals surface area contributed by atoms with Crippen molar-refractivity contribution in [1.82, 2.24) is 20.3 Å². The predicted molar refractivity (Wildman–Crippen MR) is 117 cm³/mol. The standard InChI is InChI=1S/C24H24N4O3/c1-16(2)10-21(28-24(29)30-14-17-6-4-3-5-7-17)23-26-12-19-11-18(8-9-20(19)27-23)22-13-25-15-31-22/h3-9,11-13,15-16,21H,10,14H2,1-2H3,(H,28,29). The Morgan fingerprint density at radius 2 is 1.97 bits per heavy atom. The van der Waals surface area contributed by atoms with Crippen molar-refractivity contribution in [2.75, 3.05) is 0 Å². The zero-order valence-corrected chi connectivity index (χ0v) is 17.5. The van der Waals surface area contributed by atoms with Crippen molar-refractivity contribution in [2.45, 2.75) is 32.9 Å². The van der Waals surface area contributed by atoms with Crippen molar-refractivity contribution in [3.8, 4) is 11.3 Å².